The van der Waals surface area contributed by atoms with Crippen molar-refractivity contribution in [2.45, 2.75) is 59.4 Å². The average Bonchev–Trinajstić information content (AvgIpc) is 2.28. The van der Waals surface area contributed by atoms with E-state index in [4.69, 9.17) is 10.5 Å². The summed E-state index contributed by atoms with van der Waals surface area (Å²) < 4.78 is 5.58. The number of rotatable bonds is 6. The second-order valence-electron chi connectivity index (χ2n) is 7.63. The van der Waals surface area contributed by atoms with Gasteiger partial charge in [-0.2, -0.15) is 0 Å². The van der Waals surface area contributed by atoms with Crippen molar-refractivity contribution in [3.63, 3.8) is 0 Å². The minimum atomic E-state index is 0.198. The van der Waals surface area contributed by atoms with Gasteiger partial charge in [0.15, 0.2) is 0 Å². The van der Waals surface area contributed by atoms with Crippen molar-refractivity contribution in [2.24, 2.45) is 17.1 Å². The number of nitrogens with two attached hydrogens (primary N) is 1. The van der Waals surface area contributed by atoms with E-state index in [1.165, 1.54) is 19.4 Å². The van der Waals surface area contributed by atoms with Crippen LogP contribution in [0.1, 0.15) is 53.9 Å². The number of hydrogen-bond acceptors (Lipinski definition) is 3. The van der Waals surface area contributed by atoms with E-state index in [1.807, 2.05) is 0 Å². The van der Waals surface area contributed by atoms with Crippen LogP contribution in [0.2, 0.25) is 0 Å². The van der Waals surface area contributed by atoms with Gasteiger partial charge in [0, 0.05) is 12.1 Å². The minimum absolute atomic E-state index is 0.198. The van der Waals surface area contributed by atoms with Gasteiger partial charge < -0.3 is 10.5 Å². The first-order chi connectivity index (χ1) is 8.77. The highest BCUT2D eigenvalue weighted by Gasteiger charge is 2.30. The lowest BCUT2D eigenvalue weighted by atomic mass is 9.76. The van der Waals surface area contributed by atoms with Crippen LogP contribution >= 0.6 is 0 Å². The summed E-state index contributed by atoms with van der Waals surface area (Å²) in [4.78, 5) is 2.58. The lowest BCUT2D eigenvalue weighted by molar-refractivity contribution is -0.0521. The van der Waals surface area contributed by atoms with Gasteiger partial charge in [0.25, 0.3) is 0 Å². The number of hydrogen-bond donors (Lipinski definition) is 1. The smallest absolute Gasteiger partial charge is 0.0645 e. The van der Waals surface area contributed by atoms with Crippen LogP contribution in [0.5, 0.6) is 0 Å². The Balaban J connectivity index is 2.39. The van der Waals surface area contributed by atoms with Crippen molar-refractivity contribution >= 4 is 0 Å². The van der Waals surface area contributed by atoms with Crippen LogP contribution in [0.4, 0.5) is 0 Å². The SMILES string of the molecule is CC(C)(C)C(CCN)CCCN1CCOCC1(C)C. The largest absolute Gasteiger partial charge is 0.378 e. The molecule has 0 radical (unpaired) electrons. The molecule has 1 saturated heterocycles. The number of morpholine rings is 1. The lowest BCUT2D eigenvalue weighted by Crippen LogP contribution is -2.53. The summed E-state index contributed by atoms with van der Waals surface area (Å²) in [5, 5.41) is 0. The van der Waals surface area contributed by atoms with Crippen molar-refractivity contribution in [1.29, 1.82) is 0 Å². The average molecular weight is 270 g/mol. The van der Waals surface area contributed by atoms with E-state index in [0.29, 0.717) is 5.41 Å². The molecule has 0 spiro atoms. The first-order valence-electron chi connectivity index (χ1n) is 7.80. The molecule has 0 amide bonds. The van der Waals surface area contributed by atoms with Crippen LogP contribution in [-0.4, -0.2) is 43.3 Å². The number of ether oxygens (including phenoxy) is 1. The predicted molar refractivity (Wildman–Crippen MR) is 82.3 cm³/mol. The standard InChI is InChI=1S/C16H34N2O/c1-15(2,3)14(8-9-17)7-6-10-18-11-12-19-13-16(18,4)5/h14H,6-13,17H2,1-5H3. The summed E-state index contributed by atoms with van der Waals surface area (Å²) in [5.74, 6) is 0.738. The molecular weight excluding hydrogens is 236 g/mol. The summed E-state index contributed by atoms with van der Waals surface area (Å²) >= 11 is 0. The Bertz CT molecular complexity index is 254. The molecule has 1 unspecified atom stereocenters. The van der Waals surface area contributed by atoms with E-state index in [1.54, 1.807) is 0 Å². The molecule has 0 aliphatic carbocycles. The fourth-order valence-corrected chi connectivity index (χ4v) is 3.05. The molecule has 19 heavy (non-hydrogen) atoms. The molecule has 3 nitrogen and oxygen atoms in total. The highest BCUT2D eigenvalue weighted by atomic mass is 16.5. The molecule has 2 N–H and O–H groups in total. The van der Waals surface area contributed by atoms with Gasteiger partial charge in [0.05, 0.1) is 13.2 Å². The van der Waals surface area contributed by atoms with E-state index < -0.39 is 0 Å². The van der Waals surface area contributed by atoms with Gasteiger partial charge in [-0.05, 0) is 57.5 Å². The molecule has 1 fully saturated rings. The third kappa shape index (κ3) is 5.41. The van der Waals surface area contributed by atoms with Crippen LogP contribution in [0.25, 0.3) is 0 Å². The molecule has 1 rings (SSSR count). The van der Waals surface area contributed by atoms with Crippen molar-refractivity contribution in [2.75, 3.05) is 32.8 Å². The summed E-state index contributed by atoms with van der Waals surface area (Å²) in [6, 6.07) is 0. The van der Waals surface area contributed by atoms with Crippen LogP contribution in [0.15, 0.2) is 0 Å². The molecule has 0 aromatic carbocycles. The Kier molecular flexibility index (Phi) is 6.28. The van der Waals surface area contributed by atoms with Gasteiger partial charge in [-0.1, -0.05) is 20.8 Å². The topological polar surface area (TPSA) is 38.5 Å². The second kappa shape index (κ2) is 7.05. The molecule has 0 aromatic heterocycles. The van der Waals surface area contributed by atoms with Gasteiger partial charge in [0.2, 0.25) is 0 Å². The van der Waals surface area contributed by atoms with Crippen LogP contribution in [-0.2, 0) is 4.74 Å². The van der Waals surface area contributed by atoms with Gasteiger partial charge in [-0.25, -0.2) is 0 Å². The third-order valence-electron chi connectivity index (χ3n) is 4.54. The fourth-order valence-electron chi connectivity index (χ4n) is 3.05. The van der Waals surface area contributed by atoms with Gasteiger partial charge in [-0.15, -0.1) is 0 Å². The molecule has 0 bridgehead atoms. The molecule has 0 aromatic rings. The maximum absolute atomic E-state index is 5.76. The van der Waals surface area contributed by atoms with Crippen molar-refractivity contribution in [3.8, 4) is 0 Å². The Morgan fingerprint density at radius 3 is 2.47 bits per heavy atom. The normalized spacial score (nSPS) is 22.4. The molecular formula is C16H34N2O. The number of nitrogens with zero attached hydrogens (tertiary/aromatic N) is 1. The van der Waals surface area contributed by atoms with Crippen LogP contribution < -0.4 is 5.73 Å². The van der Waals surface area contributed by atoms with E-state index in [0.717, 1.165) is 38.6 Å². The van der Waals surface area contributed by atoms with Crippen LogP contribution in [0.3, 0.4) is 0 Å². The van der Waals surface area contributed by atoms with Crippen molar-refractivity contribution < 1.29 is 4.74 Å². The molecule has 1 aliphatic rings. The zero-order valence-electron chi connectivity index (χ0n) is 13.7. The highest BCUT2D eigenvalue weighted by molar-refractivity contribution is 4.84. The predicted octanol–water partition coefficient (Wildman–Crippen LogP) is 2.89. The summed E-state index contributed by atoms with van der Waals surface area (Å²) in [5.41, 5.74) is 6.33. The third-order valence-corrected chi connectivity index (χ3v) is 4.54. The summed E-state index contributed by atoms with van der Waals surface area (Å²) in [6.45, 7) is 16.4. The molecule has 1 aliphatic heterocycles. The maximum atomic E-state index is 5.76. The van der Waals surface area contributed by atoms with E-state index >= 15 is 0 Å². The van der Waals surface area contributed by atoms with Crippen LogP contribution in [0, 0.1) is 11.3 Å². The Labute approximate surface area is 119 Å². The van der Waals surface area contributed by atoms with Gasteiger partial charge >= 0.3 is 0 Å². The van der Waals surface area contributed by atoms with E-state index in [2.05, 4.69) is 39.5 Å². The minimum Gasteiger partial charge on any atom is -0.378 e. The quantitative estimate of drug-likeness (QED) is 0.806. The maximum Gasteiger partial charge on any atom is 0.0645 e. The zero-order chi connectivity index (χ0) is 14.5. The Morgan fingerprint density at radius 1 is 1.26 bits per heavy atom. The molecule has 114 valence electrons. The Morgan fingerprint density at radius 2 is 1.95 bits per heavy atom. The lowest BCUT2D eigenvalue weighted by Gasteiger charge is -2.42. The van der Waals surface area contributed by atoms with E-state index in [9.17, 15) is 0 Å². The molecule has 1 heterocycles. The second-order valence-corrected chi connectivity index (χ2v) is 7.63. The van der Waals surface area contributed by atoms with Crippen molar-refractivity contribution in [3.05, 3.63) is 0 Å². The van der Waals surface area contributed by atoms with Gasteiger partial charge in [-0.3, -0.25) is 4.90 Å². The highest BCUT2D eigenvalue weighted by Crippen LogP contribution is 2.32. The summed E-state index contributed by atoms with van der Waals surface area (Å²) in [7, 11) is 0. The van der Waals surface area contributed by atoms with E-state index in [-0.39, 0.29) is 5.54 Å². The zero-order valence-corrected chi connectivity index (χ0v) is 13.7. The monoisotopic (exact) mass is 270 g/mol. The first kappa shape index (κ1) is 16.9. The molecule has 1 atom stereocenters. The summed E-state index contributed by atoms with van der Waals surface area (Å²) in [6.07, 6.45) is 3.70. The molecule has 3 heteroatoms. The van der Waals surface area contributed by atoms with Crippen molar-refractivity contribution in [1.82, 2.24) is 4.90 Å². The Hall–Kier alpha value is -0.120. The van der Waals surface area contributed by atoms with Gasteiger partial charge in [0.1, 0.15) is 0 Å². The first-order valence-corrected chi connectivity index (χ1v) is 7.80. The molecule has 0 saturated carbocycles. The fraction of sp³-hybridized carbons (Fsp3) is 1.00.